The summed E-state index contributed by atoms with van der Waals surface area (Å²) in [7, 11) is 1.72. The van der Waals surface area contributed by atoms with E-state index in [9.17, 15) is 9.18 Å². The van der Waals surface area contributed by atoms with E-state index in [0.717, 1.165) is 11.3 Å². The number of benzene rings is 2. The van der Waals surface area contributed by atoms with Crippen molar-refractivity contribution in [3.63, 3.8) is 0 Å². The first-order valence-electron chi connectivity index (χ1n) is 9.52. The molecule has 9 nitrogen and oxygen atoms in total. The van der Waals surface area contributed by atoms with E-state index in [1.165, 1.54) is 16.9 Å². The quantitative estimate of drug-likeness (QED) is 0.699. The van der Waals surface area contributed by atoms with Crippen LogP contribution in [-0.4, -0.2) is 45.4 Å². The molecule has 0 bridgehead atoms. The second-order valence-electron chi connectivity index (χ2n) is 7.27. The highest BCUT2D eigenvalue weighted by Crippen LogP contribution is 2.37. The summed E-state index contributed by atoms with van der Waals surface area (Å²) in [6.45, 7) is 0.900. The van der Waals surface area contributed by atoms with Gasteiger partial charge in [-0.1, -0.05) is 6.07 Å². The molecule has 154 valence electrons. The minimum Gasteiger partial charge on any atom is -0.489 e. The molecule has 1 atom stereocenters. The molecule has 1 aromatic heterocycles. The van der Waals surface area contributed by atoms with Crippen LogP contribution in [0, 0.1) is 5.82 Å². The SMILES string of the molecule is Cn1nnc(C[C@H]2COc3cc(F)ccc3N2Cc2ccc3c(c2)NC(=O)CO3)n1. The Morgan fingerprint density at radius 1 is 1.20 bits per heavy atom. The lowest BCUT2D eigenvalue weighted by atomic mass is 10.1. The topological polar surface area (TPSA) is 94.4 Å². The third kappa shape index (κ3) is 3.51. The first-order chi connectivity index (χ1) is 14.5. The fraction of sp³-hybridized carbons (Fsp3) is 0.300. The predicted molar refractivity (Wildman–Crippen MR) is 105 cm³/mol. The van der Waals surface area contributed by atoms with Crippen molar-refractivity contribution in [2.75, 3.05) is 23.4 Å². The number of halogens is 1. The molecule has 0 radical (unpaired) electrons. The van der Waals surface area contributed by atoms with Gasteiger partial charge < -0.3 is 19.7 Å². The lowest BCUT2D eigenvalue weighted by Crippen LogP contribution is -2.44. The Hall–Kier alpha value is -3.69. The number of rotatable bonds is 4. The first-order valence-corrected chi connectivity index (χ1v) is 9.52. The number of nitrogens with one attached hydrogen (secondary N) is 1. The van der Waals surface area contributed by atoms with Gasteiger partial charge in [-0.2, -0.15) is 4.80 Å². The van der Waals surface area contributed by atoms with Crippen molar-refractivity contribution in [1.82, 2.24) is 20.2 Å². The van der Waals surface area contributed by atoms with E-state index in [2.05, 4.69) is 25.6 Å². The number of fused-ring (bicyclic) bond motifs is 2. The van der Waals surface area contributed by atoms with Crippen LogP contribution >= 0.6 is 0 Å². The largest absolute Gasteiger partial charge is 0.489 e. The highest BCUT2D eigenvalue weighted by Gasteiger charge is 2.30. The first kappa shape index (κ1) is 18.3. The van der Waals surface area contributed by atoms with Crippen LogP contribution in [0.3, 0.4) is 0 Å². The van der Waals surface area contributed by atoms with Gasteiger partial charge in [-0.3, -0.25) is 4.79 Å². The standard InChI is InChI=1S/C20H19FN6O3/c1-26-24-19(23-25-26)8-14-10-29-18-7-13(21)3-4-16(18)27(14)9-12-2-5-17-15(6-12)22-20(28)11-30-17/h2-7,14H,8-11H2,1H3,(H,22,28)/t14-/m0/s1. The summed E-state index contributed by atoms with van der Waals surface area (Å²) in [6, 6.07) is 10.1. The second-order valence-corrected chi connectivity index (χ2v) is 7.27. The van der Waals surface area contributed by atoms with Crippen molar-refractivity contribution in [3.05, 3.63) is 53.6 Å². The van der Waals surface area contributed by atoms with Crippen molar-refractivity contribution in [1.29, 1.82) is 0 Å². The average Bonchev–Trinajstić information content (AvgIpc) is 3.14. The number of ether oxygens (including phenoxy) is 2. The molecular formula is C20H19FN6O3. The molecule has 1 amide bonds. The van der Waals surface area contributed by atoms with Gasteiger partial charge in [-0.15, -0.1) is 10.2 Å². The number of carbonyl (C=O) groups is 1. The van der Waals surface area contributed by atoms with E-state index >= 15 is 0 Å². The summed E-state index contributed by atoms with van der Waals surface area (Å²) in [5.41, 5.74) is 2.40. The monoisotopic (exact) mass is 410 g/mol. The van der Waals surface area contributed by atoms with Crippen LogP contribution in [0.1, 0.15) is 11.4 Å². The van der Waals surface area contributed by atoms with Crippen LogP contribution in [0.4, 0.5) is 15.8 Å². The molecule has 0 unspecified atom stereocenters. The highest BCUT2D eigenvalue weighted by atomic mass is 19.1. The maximum absolute atomic E-state index is 13.7. The Morgan fingerprint density at radius 3 is 2.93 bits per heavy atom. The molecule has 3 aromatic rings. The van der Waals surface area contributed by atoms with Gasteiger partial charge >= 0.3 is 0 Å². The lowest BCUT2D eigenvalue weighted by molar-refractivity contribution is -0.118. The van der Waals surface area contributed by atoms with E-state index < -0.39 is 0 Å². The molecule has 2 aromatic carbocycles. The number of tetrazole rings is 1. The summed E-state index contributed by atoms with van der Waals surface area (Å²) in [4.78, 5) is 15.2. The highest BCUT2D eigenvalue weighted by molar-refractivity contribution is 5.95. The minimum absolute atomic E-state index is 0.0158. The summed E-state index contributed by atoms with van der Waals surface area (Å²) < 4.78 is 25.0. The van der Waals surface area contributed by atoms with Crippen LogP contribution in [-0.2, 0) is 24.8 Å². The normalized spacial score (nSPS) is 17.5. The molecule has 0 saturated heterocycles. The Bertz CT molecular complexity index is 1120. The molecule has 30 heavy (non-hydrogen) atoms. The van der Waals surface area contributed by atoms with Crippen molar-refractivity contribution in [2.45, 2.75) is 19.0 Å². The zero-order valence-corrected chi connectivity index (χ0v) is 16.2. The number of aryl methyl sites for hydroxylation is 1. The van der Waals surface area contributed by atoms with Gasteiger partial charge in [0.2, 0.25) is 0 Å². The summed E-state index contributed by atoms with van der Waals surface area (Å²) >= 11 is 0. The van der Waals surface area contributed by atoms with Gasteiger partial charge in [0.05, 0.1) is 24.5 Å². The van der Waals surface area contributed by atoms with Crippen molar-refractivity contribution in [3.8, 4) is 11.5 Å². The van der Waals surface area contributed by atoms with Gasteiger partial charge in [0, 0.05) is 19.0 Å². The van der Waals surface area contributed by atoms with E-state index in [1.54, 1.807) is 13.1 Å². The summed E-state index contributed by atoms with van der Waals surface area (Å²) in [5.74, 6) is 1.21. The molecule has 0 fully saturated rings. The van der Waals surface area contributed by atoms with Crippen LogP contribution in [0.2, 0.25) is 0 Å². The summed E-state index contributed by atoms with van der Waals surface area (Å²) in [5, 5.41) is 15.1. The van der Waals surface area contributed by atoms with Crippen LogP contribution in [0.25, 0.3) is 0 Å². The fourth-order valence-corrected chi connectivity index (χ4v) is 3.74. The zero-order valence-electron chi connectivity index (χ0n) is 16.2. The van der Waals surface area contributed by atoms with Gasteiger partial charge in [-0.05, 0) is 35.0 Å². The fourth-order valence-electron chi connectivity index (χ4n) is 3.74. The molecule has 2 aliphatic heterocycles. The van der Waals surface area contributed by atoms with E-state index in [-0.39, 0.29) is 24.4 Å². The number of amides is 1. The summed E-state index contributed by atoms with van der Waals surface area (Å²) in [6.07, 6.45) is 0.523. The van der Waals surface area contributed by atoms with Crippen LogP contribution < -0.4 is 19.7 Å². The number of hydrogen-bond acceptors (Lipinski definition) is 7. The van der Waals surface area contributed by atoms with Crippen molar-refractivity contribution < 1.29 is 18.7 Å². The number of nitrogens with zero attached hydrogens (tertiary/aromatic N) is 5. The lowest BCUT2D eigenvalue weighted by Gasteiger charge is -2.38. The van der Waals surface area contributed by atoms with E-state index in [1.807, 2.05) is 18.2 Å². The molecule has 2 aliphatic rings. The molecule has 0 spiro atoms. The second kappa shape index (κ2) is 7.29. The Morgan fingerprint density at radius 2 is 2.10 bits per heavy atom. The molecule has 0 saturated carbocycles. The van der Waals surface area contributed by atoms with Gasteiger partial charge in [0.1, 0.15) is 23.9 Å². The zero-order chi connectivity index (χ0) is 20.7. The molecular weight excluding hydrogens is 391 g/mol. The van der Waals surface area contributed by atoms with Crippen LogP contribution in [0.15, 0.2) is 36.4 Å². The van der Waals surface area contributed by atoms with Gasteiger partial charge in [-0.25, -0.2) is 4.39 Å². The molecule has 0 aliphatic carbocycles. The molecule has 10 heteroatoms. The third-order valence-corrected chi connectivity index (χ3v) is 5.10. The Labute approximate surface area is 171 Å². The van der Waals surface area contributed by atoms with Gasteiger partial charge in [0.15, 0.2) is 12.4 Å². The molecule has 3 heterocycles. The molecule has 1 N–H and O–H groups in total. The van der Waals surface area contributed by atoms with Crippen molar-refractivity contribution >= 4 is 17.3 Å². The van der Waals surface area contributed by atoms with Gasteiger partial charge in [0.25, 0.3) is 5.91 Å². The number of hydrogen-bond donors (Lipinski definition) is 1. The van der Waals surface area contributed by atoms with E-state index in [0.29, 0.717) is 42.6 Å². The van der Waals surface area contributed by atoms with Crippen LogP contribution in [0.5, 0.6) is 11.5 Å². The smallest absolute Gasteiger partial charge is 0.262 e. The van der Waals surface area contributed by atoms with E-state index in [4.69, 9.17) is 9.47 Å². The maximum atomic E-state index is 13.7. The number of aromatic nitrogens is 4. The Balaban J connectivity index is 1.47. The number of anilines is 2. The van der Waals surface area contributed by atoms with Crippen molar-refractivity contribution in [2.24, 2.45) is 7.05 Å². The third-order valence-electron chi connectivity index (χ3n) is 5.10. The predicted octanol–water partition coefficient (Wildman–Crippen LogP) is 1.69. The Kier molecular flexibility index (Phi) is 4.46. The maximum Gasteiger partial charge on any atom is 0.262 e. The minimum atomic E-state index is -0.351. The number of carbonyl (C=O) groups excluding carboxylic acids is 1. The average molecular weight is 410 g/mol. The molecule has 5 rings (SSSR count).